The molecule has 1 aliphatic carbocycles. The normalized spacial score (nSPS) is 23.8. The number of aryl methyl sites for hydroxylation is 1. The van der Waals surface area contributed by atoms with Gasteiger partial charge >= 0.3 is 6.18 Å². The van der Waals surface area contributed by atoms with E-state index in [4.69, 9.17) is 0 Å². The molecular weight excluding hydrogens is 379 g/mol. The van der Waals surface area contributed by atoms with Gasteiger partial charge in [-0.1, -0.05) is 12.1 Å². The maximum atomic E-state index is 12.3. The number of halogens is 3. The Bertz CT molecular complexity index is 664. The molecule has 1 heterocycles. The number of hydrogen-bond acceptors (Lipinski definition) is 3. The number of alkyl halides is 3. The summed E-state index contributed by atoms with van der Waals surface area (Å²) in [6.07, 6.45) is -1.12. The van der Waals surface area contributed by atoms with Crippen LogP contribution in [0.3, 0.4) is 0 Å². The molecule has 1 aromatic rings. The molecule has 1 aromatic carbocycles. The van der Waals surface area contributed by atoms with Crippen LogP contribution in [0.4, 0.5) is 18.9 Å². The molecule has 0 spiro atoms. The van der Waals surface area contributed by atoms with Gasteiger partial charge < -0.3 is 10.2 Å². The van der Waals surface area contributed by atoms with Gasteiger partial charge in [-0.25, -0.2) is 0 Å². The maximum absolute atomic E-state index is 12.3. The number of rotatable bonds is 6. The van der Waals surface area contributed by atoms with Crippen LogP contribution in [0.15, 0.2) is 24.3 Å². The quantitative estimate of drug-likeness (QED) is 0.764. The van der Waals surface area contributed by atoms with Crippen molar-refractivity contribution >= 4 is 11.6 Å². The molecule has 0 atom stereocenters. The molecule has 3 rings (SSSR count). The van der Waals surface area contributed by atoms with Gasteiger partial charge in [0, 0.05) is 37.9 Å². The molecule has 29 heavy (non-hydrogen) atoms. The fraction of sp³-hybridized carbons (Fsp3) is 0.682. The number of anilines is 1. The van der Waals surface area contributed by atoms with Crippen molar-refractivity contribution in [1.82, 2.24) is 10.2 Å². The number of piperazine rings is 1. The van der Waals surface area contributed by atoms with Crippen LogP contribution in [0.5, 0.6) is 0 Å². The summed E-state index contributed by atoms with van der Waals surface area (Å²) < 4.78 is 36.8. The maximum Gasteiger partial charge on any atom is 0.397 e. The van der Waals surface area contributed by atoms with Crippen LogP contribution in [-0.4, -0.2) is 55.7 Å². The van der Waals surface area contributed by atoms with Crippen LogP contribution < -0.4 is 10.2 Å². The van der Waals surface area contributed by atoms with E-state index in [1.54, 1.807) is 0 Å². The number of benzene rings is 1. The Morgan fingerprint density at radius 1 is 1.10 bits per heavy atom. The van der Waals surface area contributed by atoms with Crippen molar-refractivity contribution in [3.05, 3.63) is 29.8 Å². The van der Waals surface area contributed by atoms with E-state index >= 15 is 0 Å². The minimum absolute atomic E-state index is 0.0982. The number of nitrogens with zero attached hydrogens (tertiary/aromatic N) is 2. The molecule has 2 fully saturated rings. The van der Waals surface area contributed by atoms with Crippen molar-refractivity contribution in [3.63, 3.8) is 0 Å². The average Bonchev–Trinajstić information content (AvgIpc) is 2.66. The first kappa shape index (κ1) is 21.9. The SMILES string of the molecule is Cc1cccc(N2CCN(CCC3CCC(NC(=O)CC(F)(F)F)CC3)CC2)c1. The topological polar surface area (TPSA) is 35.6 Å². The molecule has 0 radical (unpaired) electrons. The number of nitrogens with one attached hydrogen (secondary N) is 1. The highest BCUT2D eigenvalue weighted by Crippen LogP contribution is 2.28. The molecule has 2 aliphatic rings. The summed E-state index contributed by atoms with van der Waals surface area (Å²) in [5, 5.41) is 2.55. The third-order valence-electron chi connectivity index (χ3n) is 6.17. The van der Waals surface area contributed by atoms with Crippen LogP contribution in [0, 0.1) is 12.8 Å². The first-order valence-corrected chi connectivity index (χ1v) is 10.7. The van der Waals surface area contributed by atoms with Crippen LogP contribution in [0.25, 0.3) is 0 Å². The Hall–Kier alpha value is -1.76. The van der Waals surface area contributed by atoms with Crippen molar-refractivity contribution < 1.29 is 18.0 Å². The lowest BCUT2D eigenvalue weighted by molar-refractivity contribution is -0.154. The van der Waals surface area contributed by atoms with E-state index in [2.05, 4.69) is 46.3 Å². The fourth-order valence-electron chi connectivity index (χ4n) is 4.48. The molecular formula is C22H32F3N3O. The molecule has 0 unspecified atom stereocenters. The Labute approximate surface area is 171 Å². The van der Waals surface area contributed by atoms with E-state index in [-0.39, 0.29) is 6.04 Å². The first-order chi connectivity index (χ1) is 13.8. The lowest BCUT2D eigenvalue weighted by Crippen LogP contribution is -2.47. The van der Waals surface area contributed by atoms with Gasteiger partial charge in [-0.05, 0) is 69.2 Å². The van der Waals surface area contributed by atoms with E-state index < -0.39 is 18.5 Å². The van der Waals surface area contributed by atoms with Crippen LogP contribution in [-0.2, 0) is 4.79 Å². The molecule has 1 N–H and O–H groups in total. The summed E-state index contributed by atoms with van der Waals surface area (Å²) in [5.74, 6) is -0.284. The molecule has 1 saturated heterocycles. The summed E-state index contributed by atoms with van der Waals surface area (Å²) >= 11 is 0. The lowest BCUT2D eigenvalue weighted by Gasteiger charge is -2.37. The second-order valence-corrected chi connectivity index (χ2v) is 8.53. The predicted molar refractivity (Wildman–Crippen MR) is 109 cm³/mol. The van der Waals surface area contributed by atoms with E-state index in [0.29, 0.717) is 5.92 Å². The minimum Gasteiger partial charge on any atom is -0.369 e. The van der Waals surface area contributed by atoms with E-state index in [0.717, 1.165) is 64.8 Å². The van der Waals surface area contributed by atoms with Crippen molar-refractivity contribution in [2.24, 2.45) is 5.92 Å². The zero-order valence-corrected chi connectivity index (χ0v) is 17.2. The van der Waals surface area contributed by atoms with Gasteiger partial charge in [0.15, 0.2) is 0 Å². The molecule has 7 heteroatoms. The zero-order chi connectivity index (χ0) is 20.9. The summed E-state index contributed by atoms with van der Waals surface area (Å²) in [4.78, 5) is 16.4. The number of amides is 1. The largest absolute Gasteiger partial charge is 0.397 e. The Balaban J connectivity index is 1.32. The van der Waals surface area contributed by atoms with Crippen LogP contribution in [0.1, 0.15) is 44.1 Å². The second-order valence-electron chi connectivity index (χ2n) is 8.53. The Morgan fingerprint density at radius 2 is 1.79 bits per heavy atom. The van der Waals surface area contributed by atoms with Crippen molar-refractivity contribution in [2.45, 2.75) is 57.7 Å². The summed E-state index contributed by atoms with van der Waals surface area (Å²) in [6, 6.07) is 8.55. The van der Waals surface area contributed by atoms with Gasteiger partial charge in [-0.2, -0.15) is 13.2 Å². The number of carbonyl (C=O) groups is 1. The van der Waals surface area contributed by atoms with E-state index in [1.165, 1.54) is 11.3 Å². The average molecular weight is 412 g/mol. The summed E-state index contributed by atoms with van der Waals surface area (Å²) in [5.41, 5.74) is 2.59. The number of hydrogen-bond donors (Lipinski definition) is 1. The third-order valence-corrected chi connectivity index (χ3v) is 6.17. The highest BCUT2D eigenvalue weighted by Gasteiger charge is 2.32. The smallest absolute Gasteiger partial charge is 0.369 e. The highest BCUT2D eigenvalue weighted by molar-refractivity contribution is 5.76. The van der Waals surface area contributed by atoms with Crippen LogP contribution >= 0.6 is 0 Å². The molecule has 0 bridgehead atoms. The minimum atomic E-state index is -4.43. The number of carbonyl (C=O) groups excluding carboxylic acids is 1. The Kier molecular flexibility index (Phi) is 7.44. The third kappa shape index (κ3) is 7.21. The van der Waals surface area contributed by atoms with Crippen molar-refractivity contribution in [3.8, 4) is 0 Å². The van der Waals surface area contributed by atoms with E-state index in [9.17, 15) is 18.0 Å². The Morgan fingerprint density at radius 3 is 2.41 bits per heavy atom. The molecule has 1 aliphatic heterocycles. The monoisotopic (exact) mass is 411 g/mol. The van der Waals surface area contributed by atoms with Gasteiger partial charge in [0.25, 0.3) is 0 Å². The highest BCUT2D eigenvalue weighted by atomic mass is 19.4. The van der Waals surface area contributed by atoms with Crippen molar-refractivity contribution in [1.29, 1.82) is 0 Å². The standard InChI is InChI=1S/C22H32F3N3O/c1-17-3-2-4-20(15-17)28-13-11-27(12-14-28)10-9-18-5-7-19(8-6-18)26-21(29)16-22(23,24)25/h2-4,15,18-19H,5-14,16H2,1H3,(H,26,29). The van der Waals surface area contributed by atoms with Gasteiger partial charge in [0.1, 0.15) is 6.42 Å². The summed E-state index contributed by atoms with van der Waals surface area (Å²) in [7, 11) is 0. The van der Waals surface area contributed by atoms with Crippen molar-refractivity contribution in [2.75, 3.05) is 37.6 Å². The van der Waals surface area contributed by atoms with Gasteiger partial charge in [-0.15, -0.1) is 0 Å². The van der Waals surface area contributed by atoms with E-state index in [1.807, 2.05) is 0 Å². The summed E-state index contributed by atoms with van der Waals surface area (Å²) in [6.45, 7) is 7.42. The first-order valence-electron chi connectivity index (χ1n) is 10.7. The van der Waals surface area contributed by atoms with Crippen LogP contribution in [0.2, 0.25) is 0 Å². The molecule has 1 amide bonds. The molecule has 1 saturated carbocycles. The predicted octanol–water partition coefficient (Wildman–Crippen LogP) is 4.13. The molecule has 162 valence electrons. The second kappa shape index (κ2) is 9.83. The van der Waals surface area contributed by atoms with Gasteiger partial charge in [0.05, 0.1) is 0 Å². The molecule has 4 nitrogen and oxygen atoms in total. The fourth-order valence-corrected chi connectivity index (χ4v) is 4.48. The zero-order valence-electron chi connectivity index (χ0n) is 17.2. The molecule has 0 aromatic heterocycles. The van der Waals surface area contributed by atoms with Gasteiger partial charge in [0.2, 0.25) is 5.91 Å². The lowest BCUT2D eigenvalue weighted by atomic mass is 9.84. The van der Waals surface area contributed by atoms with Gasteiger partial charge in [-0.3, -0.25) is 9.69 Å².